The lowest BCUT2D eigenvalue weighted by Gasteiger charge is -2.31. The van der Waals surface area contributed by atoms with Crippen molar-refractivity contribution >= 4 is 68.2 Å². The minimum Gasteiger partial charge on any atom is -0.399 e. The summed E-state index contributed by atoms with van der Waals surface area (Å²) >= 11 is 0. The van der Waals surface area contributed by atoms with E-state index in [-0.39, 0.29) is 0 Å². The van der Waals surface area contributed by atoms with Crippen LogP contribution in [0.3, 0.4) is 0 Å². The Kier molecular flexibility index (Phi) is 44.3. The summed E-state index contributed by atoms with van der Waals surface area (Å²) in [6.45, 7) is 41.9. The van der Waals surface area contributed by atoms with E-state index in [1.54, 1.807) is 0 Å². The van der Waals surface area contributed by atoms with Gasteiger partial charge in [0.25, 0.3) is 0 Å². The number of nitrogens with zero attached hydrogens (tertiary/aromatic N) is 14. The molecule has 720 valence electrons. The molecule has 18 N–H and O–H groups in total. The van der Waals surface area contributed by atoms with Gasteiger partial charge in [-0.2, -0.15) is 0 Å². The third kappa shape index (κ3) is 35.7. The molecule has 0 bridgehead atoms. The first-order valence-corrected chi connectivity index (χ1v) is 50.7. The molecule has 2 aromatic heterocycles. The van der Waals surface area contributed by atoms with Crippen molar-refractivity contribution in [1.29, 1.82) is 0 Å². The lowest BCUT2D eigenvalue weighted by molar-refractivity contribution is 0.0375. The van der Waals surface area contributed by atoms with E-state index in [1.165, 1.54) is 248 Å². The Morgan fingerprint density at radius 1 is 0.275 bits per heavy atom. The number of nitrogens with two attached hydrogens (primary N) is 6. The average Bonchev–Trinajstić information content (AvgIpc) is 1.19. The largest absolute Gasteiger partial charge is 0.399 e. The second-order valence-corrected chi connectivity index (χ2v) is 37.4. The first-order valence-electron chi connectivity index (χ1n) is 50.7. The zero-order valence-electron chi connectivity index (χ0n) is 80.4. The van der Waals surface area contributed by atoms with Crippen LogP contribution < -0.4 is 95.7 Å². The number of morpholine rings is 1. The van der Waals surface area contributed by atoms with Gasteiger partial charge in [0, 0.05) is 244 Å². The summed E-state index contributed by atoms with van der Waals surface area (Å²) in [6, 6.07) is 38.0. The van der Waals surface area contributed by atoms with E-state index in [0.717, 1.165) is 244 Å². The van der Waals surface area contributed by atoms with Gasteiger partial charge in [-0.05, 0) is 340 Å². The number of nitrogens with one attached hydrogen (secondary N) is 6. The number of hydrogen-bond acceptors (Lipinski definition) is 25. The van der Waals surface area contributed by atoms with Crippen LogP contribution in [0.5, 0.6) is 0 Å². The summed E-state index contributed by atoms with van der Waals surface area (Å²) in [5.41, 5.74) is 57.5. The molecule has 9 aliphatic rings. The predicted molar refractivity (Wildman–Crippen MR) is 555 cm³/mol. The highest BCUT2D eigenvalue weighted by Gasteiger charge is 2.24. The lowest BCUT2D eigenvalue weighted by Crippen LogP contribution is -2.39. The van der Waals surface area contributed by atoms with Gasteiger partial charge in [0.1, 0.15) is 0 Å². The molecule has 0 unspecified atom stereocenters. The molecule has 3 fully saturated rings. The number of fused-ring (bicyclic) bond motifs is 6. The maximum atomic E-state index is 5.96. The summed E-state index contributed by atoms with van der Waals surface area (Å²) in [6.07, 6.45) is 39.0. The Bertz CT molecular complexity index is 4340. The van der Waals surface area contributed by atoms with Crippen molar-refractivity contribution < 1.29 is 4.74 Å². The fourth-order valence-electron chi connectivity index (χ4n) is 19.7. The number of benzene rings is 6. The van der Waals surface area contributed by atoms with E-state index >= 15 is 0 Å². The monoisotopic (exact) mass is 1800 g/mol. The van der Waals surface area contributed by atoms with E-state index in [1.807, 2.05) is 73.8 Å². The van der Waals surface area contributed by atoms with Gasteiger partial charge >= 0.3 is 0 Å². The van der Waals surface area contributed by atoms with Crippen LogP contribution in [0.25, 0.3) is 0 Å². The first kappa shape index (κ1) is 101. The molecule has 0 radical (unpaired) electrons. The fourth-order valence-corrected chi connectivity index (χ4v) is 19.7. The zero-order valence-corrected chi connectivity index (χ0v) is 80.4. The predicted octanol–water partition coefficient (Wildman–Crippen LogP) is 10.9. The fraction of sp³-hybridized carbons (Fsp3) is 0.596. The van der Waals surface area contributed by atoms with Crippen LogP contribution >= 0.6 is 0 Å². The van der Waals surface area contributed by atoms with Crippen molar-refractivity contribution in [3.8, 4) is 0 Å². The molecule has 0 saturated carbocycles. The SMILES string of the molecule is CN(C)CCCNCCN1CCCc2ccc(N)cc21.Nc1ccc2c(c1)N(CCNCCCN1CCCC1)CCC2.Nc1ccc2c(c1)N(CCNCCCN1CCCCC1)CCC2.Nc1ccc2c(c1)N(CCNCCCN1CCOCC1)CCC2.Nc1ccc2c(c1)N(CCNCCCn1ccnc1)CCC2.Nc1ccc2c(c1)N(CCNCCn1ccnc1)CCC2. The van der Waals surface area contributed by atoms with Gasteiger partial charge in [0.05, 0.1) is 25.9 Å². The Morgan fingerprint density at radius 2 is 0.527 bits per heavy atom. The first-order chi connectivity index (χ1) is 64.3. The molecule has 0 atom stereocenters. The van der Waals surface area contributed by atoms with Crippen LogP contribution in [0.4, 0.5) is 68.2 Å². The molecule has 131 heavy (non-hydrogen) atoms. The molecule has 0 aliphatic carbocycles. The Morgan fingerprint density at radius 3 is 0.809 bits per heavy atom. The standard InChI is InChI=1S/C19H32N4.C18H30N4O.C18H30N4.C17H25N5.C16H23N5.C16H28N4/c20-18-8-7-17-6-4-14-23(19(17)16-18)15-10-21-9-5-13-22-11-2-1-3-12-22;19-17-5-4-16-3-1-9-22(18(16)15-17)10-7-20-6-2-8-21-11-13-23-14-12-21;19-17-7-6-16-5-3-13-22(18(16)15-17)14-9-20-8-4-12-21-10-1-2-11-21;18-16-5-4-15-3-1-10-22(17(15)13-16)12-8-19-6-2-9-21-11-7-20-14-21;17-15-4-3-14-2-1-8-21(16(14)12-15)11-7-18-5-9-20-10-6-19-13-20;1-19(2)10-4-8-18-9-12-20-11-3-5-14-6-7-15(17)13-16(14)20/h7-8,16,21H,1-6,9-15,20H2;4-5,15,20H,1-3,6-14,19H2;6-7,15,20H,1-5,8-14,19H2;4-5,7,11,13-14,19H,1-3,6,8-10,12,18H2;3-4,6,10,12-13,18H,1-2,5,7-9,11,17H2;6-7,13,18H,3-5,8-12,17H2,1-2H3. The van der Waals surface area contributed by atoms with E-state index in [4.69, 9.17) is 39.1 Å². The van der Waals surface area contributed by atoms with Crippen molar-refractivity contribution in [3.05, 3.63) is 180 Å². The van der Waals surface area contributed by atoms with Gasteiger partial charge in [0.15, 0.2) is 0 Å². The molecule has 9 aliphatic heterocycles. The third-order valence-electron chi connectivity index (χ3n) is 26.9. The van der Waals surface area contributed by atoms with Gasteiger partial charge < -0.3 is 124 Å². The van der Waals surface area contributed by atoms with Crippen molar-refractivity contribution in [3.63, 3.8) is 0 Å². The number of aromatic nitrogens is 4. The molecule has 6 aromatic carbocycles. The number of ether oxygens (including phenoxy) is 1. The second-order valence-electron chi connectivity index (χ2n) is 37.4. The van der Waals surface area contributed by atoms with Gasteiger partial charge in [-0.1, -0.05) is 42.8 Å². The number of likely N-dealkylation sites (tertiary alicyclic amines) is 2. The Hall–Kier alpha value is -9.10. The summed E-state index contributed by atoms with van der Waals surface area (Å²) in [5.74, 6) is 0. The smallest absolute Gasteiger partial charge is 0.0946 e. The number of hydrogen-bond donors (Lipinski definition) is 12. The highest BCUT2D eigenvalue weighted by Crippen LogP contribution is 2.35. The van der Waals surface area contributed by atoms with Crippen LogP contribution in [-0.4, -0.2) is 289 Å². The quantitative estimate of drug-likeness (QED) is 0.0125. The van der Waals surface area contributed by atoms with Crippen LogP contribution in [0.2, 0.25) is 0 Å². The minimum atomic E-state index is 0.855. The Balaban J connectivity index is 0.000000142. The molecular formula is C104H168N26O. The minimum absolute atomic E-state index is 0.855. The highest BCUT2D eigenvalue weighted by molar-refractivity contribution is 5.67. The maximum Gasteiger partial charge on any atom is 0.0946 e. The van der Waals surface area contributed by atoms with Crippen molar-refractivity contribution in [2.75, 3.05) is 314 Å². The average molecular weight is 1800 g/mol. The number of rotatable bonds is 41. The van der Waals surface area contributed by atoms with Crippen molar-refractivity contribution in [1.82, 2.24) is 70.6 Å². The molecule has 27 heteroatoms. The van der Waals surface area contributed by atoms with Gasteiger partial charge in [-0.25, -0.2) is 9.97 Å². The van der Waals surface area contributed by atoms with Gasteiger partial charge in [-0.3, -0.25) is 4.90 Å². The van der Waals surface area contributed by atoms with Crippen molar-refractivity contribution in [2.45, 2.75) is 154 Å². The second kappa shape index (κ2) is 57.5. The van der Waals surface area contributed by atoms with E-state index < -0.39 is 0 Å². The molecule has 0 spiro atoms. The molecule has 27 nitrogen and oxygen atoms in total. The molecular weight excluding hydrogens is 1630 g/mol. The normalized spacial score (nSPS) is 16.6. The lowest BCUT2D eigenvalue weighted by atomic mass is 10.0. The number of anilines is 12. The third-order valence-corrected chi connectivity index (χ3v) is 26.9. The van der Waals surface area contributed by atoms with Gasteiger partial charge in [-0.15, -0.1) is 0 Å². The molecule has 8 aromatic rings. The summed E-state index contributed by atoms with van der Waals surface area (Å²) < 4.78 is 9.58. The molecule has 17 rings (SSSR count). The van der Waals surface area contributed by atoms with E-state index in [0.29, 0.717) is 0 Å². The molecule has 0 amide bonds. The van der Waals surface area contributed by atoms with Crippen LogP contribution in [0, 0.1) is 0 Å². The number of nitrogen functional groups attached to an aromatic ring is 6. The number of imidazole rings is 2. The van der Waals surface area contributed by atoms with Crippen molar-refractivity contribution in [2.24, 2.45) is 0 Å². The molecule has 3 saturated heterocycles. The molecule has 11 heterocycles. The van der Waals surface area contributed by atoms with Crippen LogP contribution in [-0.2, 0) is 56.4 Å². The topological polar surface area (TPSA) is 306 Å². The Labute approximate surface area is 787 Å². The number of aryl methyl sites for hydroxylation is 7. The van der Waals surface area contributed by atoms with E-state index in [2.05, 4.69) is 187 Å². The summed E-state index contributed by atoms with van der Waals surface area (Å²) in [5, 5.41) is 21.4. The number of piperidine rings is 1. The summed E-state index contributed by atoms with van der Waals surface area (Å²) in [7, 11) is 4.24. The maximum absolute atomic E-state index is 5.96. The van der Waals surface area contributed by atoms with Crippen LogP contribution in [0.15, 0.2) is 147 Å². The van der Waals surface area contributed by atoms with Crippen LogP contribution in [0.1, 0.15) is 136 Å². The van der Waals surface area contributed by atoms with E-state index in [9.17, 15) is 0 Å². The van der Waals surface area contributed by atoms with Gasteiger partial charge in [0.2, 0.25) is 0 Å². The summed E-state index contributed by atoms with van der Waals surface area (Å²) in [4.78, 5) is 32.9. The highest BCUT2D eigenvalue weighted by atomic mass is 16.5. The zero-order chi connectivity index (χ0) is 91.1.